The molecule has 118 valence electrons. The number of halogens is 1. The Bertz CT molecular complexity index is 410. The highest BCUT2D eigenvalue weighted by molar-refractivity contribution is 6.30. The van der Waals surface area contributed by atoms with Crippen LogP contribution in [0, 0.1) is 0 Å². The lowest BCUT2D eigenvalue weighted by atomic mass is 10.0. The first kappa shape index (κ1) is 16.8. The van der Waals surface area contributed by atoms with Gasteiger partial charge in [0.15, 0.2) is 0 Å². The first-order valence-electron chi connectivity index (χ1n) is 8.02. The molecule has 1 aliphatic rings. The minimum absolute atomic E-state index is 0.283. The average Bonchev–Trinajstić information content (AvgIpc) is 2.74. The third-order valence-electron chi connectivity index (χ3n) is 4.54. The maximum absolute atomic E-state index is 9.58. The molecule has 1 aromatic rings. The van der Waals surface area contributed by atoms with E-state index < -0.39 is 0 Å². The predicted molar refractivity (Wildman–Crippen MR) is 88.8 cm³/mol. The summed E-state index contributed by atoms with van der Waals surface area (Å²) in [6, 6.07) is 8.76. The topological polar surface area (TPSA) is 35.5 Å². The van der Waals surface area contributed by atoms with E-state index in [4.69, 9.17) is 11.6 Å². The van der Waals surface area contributed by atoms with E-state index in [9.17, 15) is 5.11 Å². The molecule has 0 spiro atoms. The number of nitrogens with one attached hydrogen (secondary N) is 1. The molecule has 1 heterocycles. The number of likely N-dealkylation sites (tertiary alicyclic amines) is 1. The molecule has 2 N–H and O–H groups in total. The lowest BCUT2D eigenvalue weighted by Crippen LogP contribution is -2.39. The first-order valence-corrected chi connectivity index (χ1v) is 8.40. The van der Waals surface area contributed by atoms with Crippen molar-refractivity contribution < 1.29 is 5.11 Å². The molecule has 2 atom stereocenters. The third-order valence-corrected chi connectivity index (χ3v) is 4.79. The van der Waals surface area contributed by atoms with E-state index in [0.717, 1.165) is 31.0 Å². The van der Waals surface area contributed by atoms with Crippen LogP contribution >= 0.6 is 11.6 Å². The van der Waals surface area contributed by atoms with Crippen LogP contribution in [0.15, 0.2) is 24.3 Å². The first-order chi connectivity index (χ1) is 10.2. The van der Waals surface area contributed by atoms with Crippen LogP contribution in [0.4, 0.5) is 0 Å². The van der Waals surface area contributed by atoms with Crippen molar-refractivity contribution in [1.29, 1.82) is 0 Å². The molecule has 21 heavy (non-hydrogen) atoms. The van der Waals surface area contributed by atoms with Crippen LogP contribution in [0.3, 0.4) is 0 Å². The second kappa shape index (κ2) is 8.74. The lowest BCUT2D eigenvalue weighted by molar-refractivity contribution is 0.120. The predicted octanol–water partition coefficient (Wildman–Crippen LogP) is 3.23. The molecule has 0 bridgehead atoms. The number of benzene rings is 1. The zero-order chi connectivity index (χ0) is 15.1. The van der Waals surface area contributed by atoms with Crippen LogP contribution in [-0.4, -0.2) is 42.8 Å². The van der Waals surface area contributed by atoms with Gasteiger partial charge in [-0.3, -0.25) is 4.90 Å². The zero-order valence-corrected chi connectivity index (χ0v) is 13.6. The molecule has 1 aromatic carbocycles. The summed E-state index contributed by atoms with van der Waals surface area (Å²) < 4.78 is 0. The second-order valence-electron chi connectivity index (χ2n) is 5.90. The molecular weight excluding hydrogens is 284 g/mol. The summed E-state index contributed by atoms with van der Waals surface area (Å²) in [5.74, 6) is 0. The van der Waals surface area contributed by atoms with Crippen molar-refractivity contribution >= 4 is 11.6 Å². The minimum atomic E-state index is 0.283. The van der Waals surface area contributed by atoms with Crippen LogP contribution in [0.1, 0.15) is 43.7 Å². The fourth-order valence-electron chi connectivity index (χ4n) is 3.21. The van der Waals surface area contributed by atoms with E-state index in [2.05, 4.69) is 22.3 Å². The molecular formula is C17H27ClN2O. The van der Waals surface area contributed by atoms with Gasteiger partial charge in [0.2, 0.25) is 0 Å². The molecule has 3 nitrogen and oxygen atoms in total. The van der Waals surface area contributed by atoms with Gasteiger partial charge < -0.3 is 10.4 Å². The number of rotatable bonds is 6. The number of hydrogen-bond donors (Lipinski definition) is 2. The summed E-state index contributed by atoms with van der Waals surface area (Å²) in [6.45, 7) is 2.42. The normalized spacial score (nSPS) is 22.0. The van der Waals surface area contributed by atoms with E-state index >= 15 is 0 Å². The summed E-state index contributed by atoms with van der Waals surface area (Å²) in [6.07, 6.45) is 5.96. The van der Waals surface area contributed by atoms with Gasteiger partial charge in [0.1, 0.15) is 0 Å². The van der Waals surface area contributed by atoms with Crippen LogP contribution < -0.4 is 5.32 Å². The average molecular weight is 311 g/mol. The fraction of sp³-hybridized carbons (Fsp3) is 0.647. The Labute approximate surface area is 133 Å². The molecule has 1 fully saturated rings. The van der Waals surface area contributed by atoms with Gasteiger partial charge in [-0.2, -0.15) is 0 Å². The third kappa shape index (κ3) is 4.96. The van der Waals surface area contributed by atoms with Gasteiger partial charge in [-0.1, -0.05) is 36.6 Å². The summed E-state index contributed by atoms with van der Waals surface area (Å²) >= 11 is 5.96. The molecule has 0 amide bonds. The Morgan fingerprint density at radius 3 is 2.71 bits per heavy atom. The van der Waals surface area contributed by atoms with Crippen LogP contribution in [0.25, 0.3) is 0 Å². The van der Waals surface area contributed by atoms with Crippen molar-refractivity contribution in [2.75, 3.05) is 26.7 Å². The van der Waals surface area contributed by atoms with Crippen molar-refractivity contribution in [3.63, 3.8) is 0 Å². The molecule has 1 saturated heterocycles. The van der Waals surface area contributed by atoms with E-state index in [1.807, 2.05) is 19.2 Å². The monoisotopic (exact) mass is 310 g/mol. The van der Waals surface area contributed by atoms with Crippen LogP contribution in [0.5, 0.6) is 0 Å². The lowest BCUT2D eigenvalue weighted by Gasteiger charge is -2.30. The van der Waals surface area contributed by atoms with Crippen molar-refractivity contribution in [3.05, 3.63) is 34.9 Å². The van der Waals surface area contributed by atoms with Crippen molar-refractivity contribution in [2.24, 2.45) is 0 Å². The van der Waals surface area contributed by atoms with Crippen molar-refractivity contribution in [3.8, 4) is 0 Å². The summed E-state index contributed by atoms with van der Waals surface area (Å²) in [7, 11) is 2.01. The summed E-state index contributed by atoms with van der Waals surface area (Å²) in [5, 5.41) is 13.8. The summed E-state index contributed by atoms with van der Waals surface area (Å²) in [4.78, 5) is 2.47. The van der Waals surface area contributed by atoms with Crippen molar-refractivity contribution in [2.45, 2.75) is 44.2 Å². The molecule has 0 radical (unpaired) electrons. The van der Waals surface area contributed by atoms with E-state index in [1.165, 1.54) is 24.8 Å². The molecule has 2 rings (SSSR count). The Kier molecular flexibility index (Phi) is 6.97. The Hall–Kier alpha value is -0.610. The Morgan fingerprint density at radius 1 is 1.29 bits per heavy atom. The van der Waals surface area contributed by atoms with Gasteiger partial charge in [-0.15, -0.1) is 0 Å². The van der Waals surface area contributed by atoms with E-state index in [-0.39, 0.29) is 6.61 Å². The largest absolute Gasteiger partial charge is 0.395 e. The van der Waals surface area contributed by atoms with Gasteiger partial charge in [0.05, 0.1) is 6.61 Å². The Balaban J connectivity index is 1.93. The molecule has 0 saturated carbocycles. The maximum Gasteiger partial charge on any atom is 0.0586 e. The highest BCUT2D eigenvalue weighted by Crippen LogP contribution is 2.22. The number of aliphatic hydroxyl groups excluding tert-OH is 1. The number of hydrogen-bond acceptors (Lipinski definition) is 3. The molecule has 0 aromatic heterocycles. The maximum atomic E-state index is 9.58. The van der Waals surface area contributed by atoms with Crippen molar-refractivity contribution in [1.82, 2.24) is 10.2 Å². The molecule has 0 aliphatic carbocycles. The van der Waals surface area contributed by atoms with Gasteiger partial charge in [-0.05, 0) is 50.6 Å². The fourth-order valence-corrected chi connectivity index (χ4v) is 3.33. The smallest absolute Gasteiger partial charge is 0.0586 e. The van der Waals surface area contributed by atoms with Gasteiger partial charge in [0, 0.05) is 23.7 Å². The molecule has 1 aliphatic heterocycles. The van der Waals surface area contributed by atoms with Crippen LogP contribution in [-0.2, 0) is 0 Å². The highest BCUT2D eigenvalue weighted by Gasteiger charge is 2.21. The van der Waals surface area contributed by atoms with Gasteiger partial charge >= 0.3 is 0 Å². The van der Waals surface area contributed by atoms with E-state index in [0.29, 0.717) is 12.1 Å². The van der Waals surface area contributed by atoms with Crippen LogP contribution in [0.2, 0.25) is 5.02 Å². The van der Waals surface area contributed by atoms with E-state index in [1.54, 1.807) is 0 Å². The number of nitrogens with zero attached hydrogens (tertiary/aromatic N) is 1. The standard InChI is InChI=1S/C17H27ClN2O/c1-19-17(14-6-8-15(18)9-7-14)10-12-20-11-4-2-3-5-16(20)13-21/h6-9,16-17,19,21H,2-5,10-13H2,1H3. The molecule has 4 heteroatoms. The highest BCUT2D eigenvalue weighted by atomic mass is 35.5. The quantitative estimate of drug-likeness (QED) is 0.847. The van der Waals surface area contributed by atoms with Gasteiger partial charge in [0.25, 0.3) is 0 Å². The zero-order valence-electron chi connectivity index (χ0n) is 12.9. The molecule has 2 unspecified atom stereocenters. The Morgan fingerprint density at radius 2 is 2.05 bits per heavy atom. The second-order valence-corrected chi connectivity index (χ2v) is 6.34. The SMILES string of the molecule is CNC(CCN1CCCCCC1CO)c1ccc(Cl)cc1. The summed E-state index contributed by atoms with van der Waals surface area (Å²) in [5.41, 5.74) is 1.28. The van der Waals surface area contributed by atoms with Gasteiger partial charge in [-0.25, -0.2) is 0 Å². The number of aliphatic hydroxyl groups is 1. The minimum Gasteiger partial charge on any atom is -0.395 e.